The van der Waals surface area contributed by atoms with Crippen molar-refractivity contribution >= 4 is 5.97 Å². The maximum atomic E-state index is 10.4. The quantitative estimate of drug-likeness (QED) is 0.797. The molecule has 0 fully saturated rings. The number of carbonyl (C=O) groups is 1. The van der Waals surface area contributed by atoms with Crippen molar-refractivity contribution in [2.45, 2.75) is 32.6 Å². The summed E-state index contributed by atoms with van der Waals surface area (Å²) in [6.45, 7) is 4.17. The summed E-state index contributed by atoms with van der Waals surface area (Å²) >= 11 is 0. The van der Waals surface area contributed by atoms with Crippen LogP contribution in [0.2, 0.25) is 0 Å². The van der Waals surface area contributed by atoms with Gasteiger partial charge in [0, 0.05) is 18.8 Å². The van der Waals surface area contributed by atoms with E-state index in [-0.39, 0.29) is 6.42 Å². The number of nitrogens with zero attached hydrogens (tertiary/aromatic N) is 1. The van der Waals surface area contributed by atoms with E-state index in [1.54, 1.807) is 6.20 Å². The lowest BCUT2D eigenvalue weighted by Gasteiger charge is -2.10. The third kappa shape index (κ3) is 2.83. The molecule has 0 amide bonds. The molecule has 1 aromatic heterocycles. The van der Waals surface area contributed by atoms with Crippen molar-refractivity contribution < 1.29 is 9.90 Å². The molecule has 0 aromatic carbocycles. The van der Waals surface area contributed by atoms with Crippen LogP contribution >= 0.6 is 0 Å². The molecule has 1 aromatic rings. The Balaban J connectivity index is 2.79. The molecule has 0 atom stereocenters. The van der Waals surface area contributed by atoms with Gasteiger partial charge in [0.1, 0.15) is 0 Å². The van der Waals surface area contributed by atoms with E-state index in [0.717, 1.165) is 11.1 Å². The molecule has 1 N–H and O–H groups in total. The van der Waals surface area contributed by atoms with E-state index >= 15 is 0 Å². The predicted octanol–water partition coefficient (Wildman–Crippen LogP) is 2.22. The molecule has 0 radical (unpaired) electrons. The summed E-state index contributed by atoms with van der Waals surface area (Å²) in [6, 6.07) is 1.90. The monoisotopic (exact) mass is 193 g/mol. The second-order valence-corrected chi connectivity index (χ2v) is 3.62. The molecular formula is C11H15NO2. The highest BCUT2D eigenvalue weighted by molar-refractivity contribution is 5.67. The SMILES string of the molecule is CC(C)c1cnccc1CCC(=O)O. The predicted molar refractivity (Wildman–Crippen MR) is 54.3 cm³/mol. The maximum Gasteiger partial charge on any atom is 0.303 e. The van der Waals surface area contributed by atoms with Gasteiger partial charge in [0.05, 0.1) is 0 Å². The van der Waals surface area contributed by atoms with Gasteiger partial charge in [-0.3, -0.25) is 9.78 Å². The van der Waals surface area contributed by atoms with Crippen LogP contribution in [-0.4, -0.2) is 16.1 Å². The molecule has 3 heteroatoms. The zero-order valence-electron chi connectivity index (χ0n) is 8.53. The Morgan fingerprint density at radius 1 is 1.57 bits per heavy atom. The van der Waals surface area contributed by atoms with Crippen molar-refractivity contribution in [1.82, 2.24) is 4.98 Å². The number of carboxylic acid groups (broad SMARTS) is 1. The second kappa shape index (κ2) is 4.74. The first-order valence-electron chi connectivity index (χ1n) is 4.76. The van der Waals surface area contributed by atoms with E-state index < -0.39 is 5.97 Å². The number of rotatable bonds is 4. The number of aromatic nitrogens is 1. The summed E-state index contributed by atoms with van der Waals surface area (Å²) in [4.78, 5) is 14.5. The van der Waals surface area contributed by atoms with Crippen LogP contribution in [0.25, 0.3) is 0 Å². The summed E-state index contributed by atoms with van der Waals surface area (Å²) in [5.74, 6) is -0.357. The van der Waals surface area contributed by atoms with Crippen molar-refractivity contribution in [2.75, 3.05) is 0 Å². The van der Waals surface area contributed by atoms with E-state index in [1.165, 1.54) is 0 Å². The molecule has 0 bridgehead atoms. The number of carboxylic acids is 1. The van der Waals surface area contributed by atoms with Crippen molar-refractivity contribution in [3.63, 3.8) is 0 Å². The van der Waals surface area contributed by atoms with Gasteiger partial charge in [0.25, 0.3) is 0 Å². The summed E-state index contributed by atoms with van der Waals surface area (Å²) in [6.07, 6.45) is 4.31. The van der Waals surface area contributed by atoms with E-state index in [0.29, 0.717) is 12.3 Å². The molecule has 0 saturated carbocycles. The molecule has 0 aliphatic rings. The molecular weight excluding hydrogens is 178 g/mol. The van der Waals surface area contributed by atoms with Gasteiger partial charge in [-0.2, -0.15) is 0 Å². The molecule has 0 spiro atoms. The van der Waals surface area contributed by atoms with Crippen LogP contribution in [-0.2, 0) is 11.2 Å². The van der Waals surface area contributed by atoms with Gasteiger partial charge in [0.15, 0.2) is 0 Å². The fourth-order valence-electron chi connectivity index (χ4n) is 1.42. The first-order valence-corrected chi connectivity index (χ1v) is 4.76. The molecule has 0 aliphatic heterocycles. The van der Waals surface area contributed by atoms with Crippen LogP contribution in [0.1, 0.15) is 37.3 Å². The van der Waals surface area contributed by atoms with Crippen LogP contribution in [0, 0.1) is 0 Å². The third-order valence-corrected chi connectivity index (χ3v) is 2.18. The molecule has 0 unspecified atom stereocenters. The van der Waals surface area contributed by atoms with Gasteiger partial charge in [-0.05, 0) is 29.5 Å². The van der Waals surface area contributed by atoms with E-state index in [2.05, 4.69) is 18.8 Å². The first kappa shape index (κ1) is 10.7. The van der Waals surface area contributed by atoms with Gasteiger partial charge in [-0.15, -0.1) is 0 Å². The minimum absolute atomic E-state index is 0.184. The lowest BCUT2D eigenvalue weighted by molar-refractivity contribution is -0.136. The lowest BCUT2D eigenvalue weighted by Crippen LogP contribution is -2.02. The third-order valence-electron chi connectivity index (χ3n) is 2.18. The van der Waals surface area contributed by atoms with Crippen molar-refractivity contribution in [2.24, 2.45) is 0 Å². The number of pyridine rings is 1. The minimum Gasteiger partial charge on any atom is -0.481 e. The zero-order chi connectivity index (χ0) is 10.6. The van der Waals surface area contributed by atoms with Crippen LogP contribution in [0.4, 0.5) is 0 Å². The second-order valence-electron chi connectivity index (χ2n) is 3.62. The average molecular weight is 193 g/mol. The molecule has 0 saturated heterocycles. The Morgan fingerprint density at radius 2 is 2.29 bits per heavy atom. The minimum atomic E-state index is -0.753. The molecule has 76 valence electrons. The van der Waals surface area contributed by atoms with Crippen LogP contribution in [0.5, 0.6) is 0 Å². The summed E-state index contributed by atoms with van der Waals surface area (Å²) in [5, 5.41) is 8.59. The Morgan fingerprint density at radius 3 is 2.86 bits per heavy atom. The molecule has 14 heavy (non-hydrogen) atoms. The van der Waals surface area contributed by atoms with Crippen molar-refractivity contribution in [3.8, 4) is 0 Å². The van der Waals surface area contributed by atoms with Gasteiger partial charge < -0.3 is 5.11 Å². The average Bonchev–Trinajstić information content (AvgIpc) is 2.15. The number of hydrogen-bond acceptors (Lipinski definition) is 2. The standard InChI is InChI=1S/C11H15NO2/c1-8(2)10-7-12-6-5-9(10)3-4-11(13)14/h5-8H,3-4H2,1-2H3,(H,13,14). The molecule has 1 heterocycles. The van der Waals surface area contributed by atoms with E-state index in [1.807, 2.05) is 12.3 Å². The van der Waals surface area contributed by atoms with E-state index in [4.69, 9.17) is 5.11 Å². The lowest BCUT2D eigenvalue weighted by atomic mass is 9.97. The Bertz CT molecular complexity index is 321. The largest absolute Gasteiger partial charge is 0.481 e. The summed E-state index contributed by atoms with van der Waals surface area (Å²) in [7, 11) is 0. The normalized spacial score (nSPS) is 10.5. The van der Waals surface area contributed by atoms with Gasteiger partial charge in [-0.25, -0.2) is 0 Å². The summed E-state index contributed by atoms with van der Waals surface area (Å²) in [5.41, 5.74) is 2.24. The van der Waals surface area contributed by atoms with E-state index in [9.17, 15) is 4.79 Å². The fourth-order valence-corrected chi connectivity index (χ4v) is 1.42. The van der Waals surface area contributed by atoms with Crippen molar-refractivity contribution in [1.29, 1.82) is 0 Å². The Kier molecular flexibility index (Phi) is 3.63. The highest BCUT2D eigenvalue weighted by Crippen LogP contribution is 2.19. The zero-order valence-corrected chi connectivity index (χ0v) is 8.53. The number of aliphatic carboxylic acids is 1. The first-order chi connectivity index (χ1) is 6.61. The van der Waals surface area contributed by atoms with Gasteiger partial charge in [0.2, 0.25) is 0 Å². The molecule has 1 rings (SSSR count). The Hall–Kier alpha value is -1.38. The number of aryl methyl sites for hydroxylation is 1. The topological polar surface area (TPSA) is 50.2 Å². The van der Waals surface area contributed by atoms with Crippen molar-refractivity contribution in [3.05, 3.63) is 29.6 Å². The Labute approximate surface area is 83.8 Å². The maximum absolute atomic E-state index is 10.4. The summed E-state index contributed by atoms with van der Waals surface area (Å²) < 4.78 is 0. The highest BCUT2D eigenvalue weighted by Gasteiger charge is 2.07. The van der Waals surface area contributed by atoms with Gasteiger partial charge in [-0.1, -0.05) is 13.8 Å². The van der Waals surface area contributed by atoms with Crippen LogP contribution in [0.15, 0.2) is 18.5 Å². The molecule has 3 nitrogen and oxygen atoms in total. The molecule has 0 aliphatic carbocycles. The smallest absolute Gasteiger partial charge is 0.303 e. The number of hydrogen-bond donors (Lipinski definition) is 1. The van der Waals surface area contributed by atoms with Gasteiger partial charge >= 0.3 is 5.97 Å². The fraction of sp³-hybridized carbons (Fsp3) is 0.455. The van der Waals surface area contributed by atoms with Crippen LogP contribution < -0.4 is 0 Å². The highest BCUT2D eigenvalue weighted by atomic mass is 16.4. The van der Waals surface area contributed by atoms with Crippen LogP contribution in [0.3, 0.4) is 0 Å².